The van der Waals surface area contributed by atoms with E-state index in [0.717, 1.165) is 28.3 Å². The van der Waals surface area contributed by atoms with Crippen molar-refractivity contribution in [2.24, 2.45) is 4.99 Å². The zero-order valence-electron chi connectivity index (χ0n) is 15.8. The van der Waals surface area contributed by atoms with Crippen LogP contribution in [-0.4, -0.2) is 16.0 Å². The van der Waals surface area contributed by atoms with E-state index in [0.29, 0.717) is 16.6 Å². The van der Waals surface area contributed by atoms with Crippen molar-refractivity contribution in [3.05, 3.63) is 94.3 Å². The highest BCUT2D eigenvalue weighted by atomic mass is 32.2. The van der Waals surface area contributed by atoms with Gasteiger partial charge in [-0.05, 0) is 55.4 Å². The topological polar surface area (TPSA) is 45.8 Å². The Hall–Kier alpha value is -3.05. The Bertz CT molecular complexity index is 1050. The van der Waals surface area contributed by atoms with Crippen LogP contribution in [0.5, 0.6) is 0 Å². The second-order valence-corrected chi connectivity index (χ2v) is 7.60. The normalized spacial score (nSPS) is 17.1. The Balaban J connectivity index is 1.71. The summed E-state index contributed by atoms with van der Waals surface area (Å²) in [4.78, 5) is 20.3. The van der Waals surface area contributed by atoms with Crippen molar-refractivity contribution < 1.29 is 9.21 Å². The fourth-order valence-corrected chi connectivity index (χ4v) is 4.03. The molecule has 2 heterocycles. The predicted molar refractivity (Wildman–Crippen MR) is 114 cm³/mol. The van der Waals surface area contributed by atoms with E-state index in [1.54, 1.807) is 4.90 Å². The summed E-state index contributed by atoms with van der Waals surface area (Å²) >= 11 is 1.40. The van der Waals surface area contributed by atoms with Crippen LogP contribution in [0.25, 0.3) is 6.08 Å². The third-order valence-electron chi connectivity index (χ3n) is 4.42. The number of nitrogens with zero attached hydrogens (tertiary/aromatic N) is 2. The summed E-state index contributed by atoms with van der Waals surface area (Å²) in [7, 11) is 0. The average Bonchev–Trinajstić information content (AvgIpc) is 3.16. The molecule has 0 radical (unpaired) electrons. The number of hydrogen-bond donors (Lipinski definition) is 0. The number of furan rings is 1. The van der Waals surface area contributed by atoms with E-state index in [9.17, 15) is 4.79 Å². The zero-order valence-corrected chi connectivity index (χ0v) is 16.6. The van der Waals surface area contributed by atoms with Crippen LogP contribution in [-0.2, 0) is 11.3 Å². The Morgan fingerprint density at radius 2 is 1.71 bits per heavy atom. The van der Waals surface area contributed by atoms with E-state index in [-0.39, 0.29) is 5.91 Å². The van der Waals surface area contributed by atoms with Crippen LogP contribution in [0.1, 0.15) is 22.6 Å². The largest absolute Gasteiger partial charge is 0.466 e. The summed E-state index contributed by atoms with van der Waals surface area (Å²) in [6.45, 7) is 4.30. The van der Waals surface area contributed by atoms with Gasteiger partial charge in [-0.2, -0.15) is 0 Å². The molecule has 0 saturated carbocycles. The van der Waals surface area contributed by atoms with Crippen molar-refractivity contribution >= 4 is 34.6 Å². The molecule has 1 aliphatic heterocycles. The van der Waals surface area contributed by atoms with Gasteiger partial charge in [-0.25, -0.2) is 4.99 Å². The third-order valence-corrected chi connectivity index (χ3v) is 5.43. The number of thioether (sulfide) groups is 1. The molecule has 0 N–H and O–H groups in total. The first-order valence-corrected chi connectivity index (χ1v) is 9.88. The number of aliphatic imine (C=N–C) groups is 1. The molecular weight excluding hydrogens is 368 g/mol. The molecule has 2 aromatic carbocycles. The molecule has 3 aromatic rings. The quantitative estimate of drug-likeness (QED) is 0.539. The molecule has 28 heavy (non-hydrogen) atoms. The van der Waals surface area contributed by atoms with E-state index in [1.165, 1.54) is 11.8 Å². The van der Waals surface area contributed by atoms with Crippen LogP contribution in [0, 0.1) is 13.8 Å². The predicted octanol–water partition coefficient (Wildman–Crippen LogP) is 5.70. The molecule has 5 heteroatoms. The smallest absolute Gasteiger partial charge is 0.267 e. The minimum absolute atomic E-state index is 0.0400. The Morgan fingerprint density at radius 3 is 2.36 bits per heavy atom. The highest BCUT2D eigenvalue weighted by Crippen LogP contribution is 2.35. The number of para-hydroxylation sites is 1. The fourth-order valence-electron chi connectivity index (χ4n) is 3.04. The van der Waals surface area contributed by atoms with E-state index in [1.807, 2.05) is 86.7 Å². The maximum Gasteiger partial charge on any atom is 0.267 e. The first-order valence-electron chi connectivity index (χ1n) is 9.06. The second-order valence-electron chi connectivity index (χ2n) is 6.59. The van der Waals surface area contributed by atoms with Gasteiger partial charge in [-0.3, -0.25) is 9.69 Å². The van der Waals surface area contributed by atoms with E-state index >= 15 is 0 Å². The van der Waals surface area contributed by atoms with Gasteiger partial charge in [-0.15, -0.1) is 0 Å². The molecule has 4 rings (SSSR count). The standard InChI is InChI=1S/C23H20N2O2S/c1-16-13-19(17(2)27-16)14-21-22(26)25(15-18-9-5-3-6-10-18)23(28-21)24-20-11-7-4-8-12-20/h3-14H,15H2,1-2H3/b21-14-,24-23?. The Labute approximate surface area is 168 Å². The first kappa shape index (κ1) is 18.3. The minimum Gasteiger partial charge on any atom is -0.466 e. The maximum atomic E-state index is 13.2. The molecule has 0 aliphatic carbocycles. The molecule has 0 unspecified atom stereocenters. The molecule has 0 bridgehead atoms. The van der Waals surface area contributed by atoms with Crippen LogP contribution < -0.4 is 0 Å². The molecule has 1 aliphatic rings. The molecule has 1 fully saturated rings. The van der Waals surface area contributed by atoms with Crippen molar-refractivity contribution in [2.75, 3.05) is 0 Å². The van der Waals surface area contributed by atoms with Crippen molar-refractivity contribution in [2.45, 2.75) is 20.4 Å². The monoisotopic (exact) mass is 388 g/mol. The van der Waals surface area contributed by atoms with Crippen molar-refractivity contribution in [1.82, 2.24) is 4.90 Å². The van der Waals surface area contributed by atoms with Gasteiger partial charge in [0.25, 0.3) is 5.91 Å². The SMILES string of the molecule is Cc1cc(/C=C2\SC(=Nc3ccccc3)N(Cc3ccccc3)C2=O)c(C)o1. The summed E-state index contributed by atoms with van der Waals surface area (Å²) in [5.41, 5.74) is 2.82. The number of aryl methyl sites for hydroxylation is 2. The molecular formula is C23H20N2O2S. The Kier molecular flexibility index (Phi) is 5.17. The lowest BCUT2D eigenvalue weighted by molar-refractivity contribution is -0.122. The van der Waals surface area contributed by atoms with Gasteiger partial charge >= 0.3 is 0 Å². The number of carbonyl (C=O) groups excluding carboxylic acids is 1. The molecule has 4 nitrogen and oxygen atoms in total. The summed E-state index contributed by atoms with van der Waals surface area (Å²) in [6.07, 6.45) is 1.89. The highest BCUT2D eigenvalue weighted by molar-refractivity contribution is 8.18. The fraction of sp³-hybridized carbons (Fsp3) is 0.130. The maximum absolute atomic E-state index is 13.2. The van der Waals surface area contributed by atoms with Gasteiger partial charge in [0, 0.05) is 5.56 Å². The van der Waals surface area contributed by atoms with Crippen molar-refractivity contribution in [1.29, 1.82) is 0 Å². The lowest BCUT2D eigenvalue weighted by atomic mass is 10.2. The van der Waals surface area contributed by atoms with Crippen LogP contribution >= 0.6 is 11.8 Å². The van der Waals surface area contributed by atoms with Crippen LogP contribution in [0.4, 0.5) is 5.69 Å². The highest BCUT2D eigenvalue weighted by Gasteiger charge is 2.33. The van der Waals surface area contributed by atoms with Crippen LogP contribution in [0.15, 0.2) is 81.0 Å². The van der Waals surface area contributed by atoms with Gasteiger partial charge in [0.05, 0.1) is 17.1 Å². The molecule has 0 spiro atoms. The molecule has 1 amide bonds. The molecule has 0 atom stereocenters. The number of amidine groups is 1. The number of rotatable bonds is 4. The summed E-state index contributed by atoms with van der Waals surface area (Å²) in [5.74, 6) is 1.60. The summed E-state index contributed by atoms with van der Waals surface area (Å²) in [5, 5.41) is 0.684. The van der Waals surface area contributed by atoms with Crippen LogP contribution in [0.3, 0.4) is 0 Å². The molecule has 1 saturated heterocycles. The van der Waals surface area contributed by atoms with Gasteiger partial charge in [0.2, 0.25) is 0 Å². The lowest BCUT2D eigenvalue weighted by Crippen LogP contribution is -2.28. The van der Waals surface area contributed by atoms with Gasteiger partial charge in [-0.1, -0.05) is 48.5 Å². The van der Waals surface area contributed by atoms with Crippen molar-refractivity contribution in [3.8, 4) is 0 Å². The van der Waals surface area contributed by atoms with Gasteiger partial charge in [0.1, 0.15) is 11.5 Å². The van der Waals surface area contributed by atoms with Gasteiger partial charge < -0.3 is 4.42 Å². The molecule has 140 valence electrons. The van der Waals surface area contributed by atoms with Crippen LogP contribution in [0.2, 0.25) is 0 Å². The van der Waals surface area contributed by atoms with E-state index < -0.39 is 0 Å². The lowest BCUT2D eigenvalue weighted by Gasteiger charge is -2.15. The Morgan fingerprint density at radius 1 is 1.04 bits per heavy atom. The average molecular weight is 388 g/mol. The summed E-state index contributed by atoms with van der Waals surface area (Å²) in [6, 6.07) is 21.6. The number of benzene rings is 2. The van der Waals surface area contributed by atoms with Crippen molar-refractivity contribution in [3.63, 3.8) is 0 Å². The second kappa shape index (κ2) is 7.90. The third kappa shape index (κ3) is 3.94. The number of carbonyl (C=O) groups is 1. The number of hydrogen-bond acceptors (Lipinski definition) is 4. The minimum atomic E-state index is -0.0400. The van der Waals surface area contributed by atoms with E-state index in [2.05, 4.69) is 0 Å². The van der Waals surface area contributed by atoms with Gasteiger partial charge in [0.15, 0.2) is 5.17 Å². The van der Waals surface area contributed by atoms with E-state index in [4.69, 9.17) is 9.41 Å². The number of amides is 1. The molecule has 1 aromatic heterocycles. The zero-order chi connectivity index (χ0) is 19.5. The summed E-state index contributed by atoms with van der Waals surface area (Å²) < 4.78 is 5.60. The first-order chi connectivity index (χ1) is 13.6.